The van der Waals surface area contributed by atoms with E-state index >= 15 is 0 Å². The van der Waals surface area contributed by atoms with Gasteiger partial charge in [-0.05, 0) is 18.1 Å². The maximum Gasteiger partial charge on any atom is 0.308 e. The van der Waals surface area contributed by atoms with E-state index < -0.39 is 40.9 Å². The first kappa shape index (κ1) is 19.4. The Labute approximate surface area is 166 Å². The van der Waals surface area contributed by atoms with Crippen molar-refractivity contribution in [2.75, 3.05) is 0 Å². The monoisotopic (exact) mass is 396 g/mol. The summed E-state index contributed by atoms with van der Waals surface area (Å²) < 4.78 is 5.09. The zero-order valence-electron chi connectivity index (χ0n) is 16.2. The van der Waals surface area contributed by atoms with E-state index in [4.69, 9.17) is 4.74 Å². The Hall–Kier alpha value is -2.90. The molecule has 3 aliphatic carbocycles. The summed E-state index contributed by atoms with van der Waals surface area (Å²) in [7, 11) is 0. The van der Waals surface area contributed by atoms with Crippen LogP contribution in [0.3, 0.4) is 0 Å². The average Bonchev–Trinajstić information content (AvgIpc) is 2.64. The summed E-state index contributed by atoms with van der Waals surface area (Å²) in [6.45, 7) is 4.61. The Bertz CT molecular complexity index is 1070. The molecule has 150 valence electrons. The number of Topliss-reactive ketones (excluding diaryl/α,β-unsaturated/α-hetero) is 3. The van der Waals surface area contributed by atoms with Gasteiger partial charge in [-0.25, -0.2) is 0 Å². The third-order valence-electron chi connectivity index (χ3n) is 5.81. The Morgan fingerprint density at radius 2 is 1.79 bits per heavy atom. The minimum absolute atomic E-state index is 0.00797. The second kappa shape index (κ2) is 6.30. The predicted molar refractivity (Wildman–Crippen MR) is 100 cm³/mol. The summed E-state index contributed by atoms with van der Waals surface area (Å²) in [5.74, 6) is -2.46. The number of ketones is 3. The number of rotatable bonds is 1. The van der Waals surface area contributed by atoms with Crippen LogP contribution in [0.25, 0.3) is 0 Å². The number of hydrogen-bond donors (Lipinski definition) is 2. The molecule has 2 atom stereocenters. The SMILES string of the molecule is CC(=O)Oc1cccc2c1C(=O)C1=C(C2=O)C2=C(CC(C)(C)[C@H](O)C2=O)[C@@H](O)C1. The molecule has 0 radical (unpaired) electrons. The minimum Gasteiger partial charge on any atom is -0.426 e. The van der Waals surface area contributed by atoms with Gasteiger partial charge in [-0.1, -0.05) is 26.0 Å². The number of fused-ring (bicyclic) bond motifs is 2. The summed E-state index contributed by atoms with van der Waals surface area (Å²) >= 11 is 0. The Balaban J connectivity index is 1.94. The fourth-order valence-electron chi connectivity index (χ4n) is 4.40. The van der Waals surface area contributed by atoms with Gasteiger partial charge in [0.2, 0.25) is 0 Å². The van der Waals surface area contributed by atoms with Crippen LogP contribution in [0, 0.1) is 5.41 Å². The van der Waals surface area contributed by atoms with Crippen molar-refractivity contribution in [1.29, 1.82) is 0 Å². The highest BCUT2D eigenvalue weighted by molar-refractivity contribution is 6.33. The van der Waals surface area contributed by atoms with Crippen LogP contribution in [0.2, 0.25) is 0 Å². The number of ether oxygens (including phenoxy) is 1. The second-order valence-corrected chi connectivity index (χ2v) is 8.34. The van der Waals surface area contributed by atoms with Crippen molar-refractivity contribution in [3.63, 3.8) is 0 Å². The number of benzene rings is 1. The van der Waals surface area contributed by atoms with Crippen molar-refractivity contribution in [3.05, 3.63) is 51.6 Å². The largest absolute Gasteiger partial charge is 0.426 e. The minimum atomic E-state index is -1.35. The first-order valence-corrected chi connectivity index (χ1v) is 9.32. The molecule has 7 nitrogen and oxygen atoms in total. The zero-order valence-corrected chi connectivity index (χ0v) is 16.2. The highest BCUT2D eigenvalue weighted by Crippen LogP contribution is 2.48. The highest BCUT2D eigenvalue weighted by Gasteiger charge is 2.50. The number of aliphatic hydroxyl groups is 2. The van der Waals surface area contributed by atoms with E-state index in [2.05, 4.69) is 0 Å². The van der Waals surface area contributed by atoms with Crippen LogP contribution in [0.5, 0.6) is 5.75 Å². The van der Waals surface area contributed by atoms with E-state index in [1.807, 2.05) is 0 Å². The Kier molecular flexibility index (Phi) is 4.22. The van der Waals surface area contributed by atoms with E-state index in [1.165, 1.54) is 25.1 Å². The van der Waals surface area contributed by atoms with Crippen LogP contribution in [0.4, 0.5) is 0 Å². The molecule has 0 aromatic heterocycles. The lowest BCUT2D eigenvalue weighted by molar-refractivity contribution is -0.132. The van der Waals surface area contributed by atoms with Crippen LogP contribution < -0.4 is 4.74 Å². The average molecular weight is 396 g/mol. The van der Waals surface area contributed by atoms with Crippen molar-refractivity contribution in [2.45, 2.75) is 45.8 Å². The molecule has 7 heteroatoms. The molecule has 0 spiro atoms. The van der Waals surface area contributed by atoms with E-state index in [1.54, 1.807) is 13.8 Å². The maximum absolute atomic E-state index is 13.3. The van der Waals surface area contributed by atoms with Crippen LogP contribution in [-0.4, -0.2) is 45.7 Å². The molecule has 1 aromatic carbocycles. The lowest BCUT2D eigenvalue weighted by Gasteiger charge is -2.41. The van der Waals surface area contributed by atoms with Crippen LogP contribution in [0.15, 0.2) is 40.5 Å². The molecule has 0 amide bonds. The number of hydrogen-bond acceptors (Lipinski definition) is 7. The number of carbonyl (C=O) groups excluding carboxylic acids is 4. The van der Waals surface area contributed by atoms with Gasteiger partial charge in [0.25, 0.3) is 0 Å². The van der Waals surface area contributed by atoms with E-state index in [0.717, 1.165) is 0 Å². The molecule has 4 rings (SSSR count). The van der Waals surface area contributed by atoms with Crippen LogP contribution in [-0.2, 0) is 9.59 Å². The van der Waals surface area contributed by atoms with Crippen molar-refractivity contribution in [3.8, 4) is 5.75 Å². The van der Waals surface area contributed by atoms with Crippen molar-refractivity contribution >= 4 is 23.3 Å². The first-order valence-electron chi connectivity index (χ1n) is 9.32. The van der Waals surface area contributed by atoms with Crippen molar-refractivity contribution in [1.82, 2.24) is 0 Å². The molecule has 0 heterocycles. The maximum atomic E-state index is 13.3. The van der Waals surface area contributed by atoms with Crippen molar-refractivity contribution in [2.24, 2.45) is 5.41 Å². The molecule has 2 N–H and O–H groups in total. The quantitative estimate of drug-likeness (QED) is 0.548. The number of esters is 1. The van der Waals surface area contributed by atoms with Gasteiger partial charge in [-0.15, -0.1) is 0 Å². The topological polar surface area (TPSA) is 118 Å². The molecule has 0 saturated heterocycles. The number of allylic oxidation sites excluding steroid dienone is 1. The predicted octanol–water partition coefficient (Wildman–Crippen LogP) is 1.71. The molecule has 1 aromatic rings. The molecule has 29 heavy (non-hydrogen) atoms. The highest BCUT2D eigenvalue weighted by atomic mass is 16.5. The van der Waals surface area contributed by atoms with Gasteiger partial charge in [0.1, 0.15) is 11.9 Å². The summed E-state index contributed by atoms with van der Waals surface area (Å²) in [6, 6.07) is 4.34. The summed E-state index contributed by atoms with van der Waals surface area (Å²) in [4.78, 5) is 50.9. The normalized spacial score (nSPS) is 25.5. The molecule has 0 aliphatic heterocycles. The summed E-state index contributed by atoms with van der Waals surface area (Å²) in [6.07, 6.45) is -2.35. The first-order chi connectivity index (χ1) is 13.5. The van der Waals surface area contributed by atoms with E-state index in [9.17, 15) is 29.4 Å². The standard InChI is InChI=1S/C22H20O7/c1-9(23)29-14-6-4-5-10-15(14)19(26)11-7-13(24)12-8-22(2,3)21(28)20(27)17(12)16(11)18(10)25/h4-6,13,21,24,28H,7-8H2,1-3H3/t13-,21+/m0/s1. The molecule has 3 aliphatic rings. The van der Waals surface area contributed by atoms with E-state index in [-0.39, 0.29) is 46.4 Å². The number of aliphatic hydroxyl groups excluding tert-OH is 2. The van der Waals surface area contributed by atoms with Gasteiger partial charge in [-0.3, -0.25) is 19.2 Å². The van der Waals surface area contributed by atoms with Crippen molar-refractivity contribution < 1.29 is 34.1 Å². The Morgan fingerprint density at radius 3 is 2.45 bits per heavy atom. The van der Waals surface area contributed by atoms with Gasteiger partial charge >= 0.3 is 5.97 Å². The van der Waals surface area contributed by atoms with Gasteiger partial charge in [0, 0.05) is 41.0 Å². The zero-order chi connectivity index (χ0) is 21.2. The molecule has 0 fully saturated rings. The fourth-order valence-corrected chi connectivity index (χ4v) is 4.40. The van der Waals surface area contributed by atoms with Gasteiger partial charge < -0.3 is 14.9 Å². The molecule has 0 unspecified atom stereocenters. The smallest absolute Gasteiger partial charge is 0.308 e. The third-order valence-corrected chi connectivity index (χ3v) is 5.81. The second-order valence-electron chi connectivity index (χ2n) is 8.34. The molecular weight excluding hydrogens is 376 g/mol. The lowest BCUT2D eigenvalue weighted by Crippen LogP contribution is -2.46. The lowest BCUT2D eigenvalue weighted by atomic mass is 9.63. The van der Waals surface area contributed by atoms with Gasteiger partial charge in [-0.2, -0.15) is 0 Å². The molecule has 0 bridgehead atoms. The van der Waals surface area contributed by atoms with Gasteiger partial charge in [0.05, 0.1) is 11.7 Å². The van der Waals surface area contributed by atoms with Crippen LogP contribution >= 0.6 is 0 Å². The van der Waals surface area contributed by atoms with Crippen LogP contribution in [0.1, 0.15) is 54.3 Å². The third kappa shape index (κ3) is 2.73. The van der Waals surface area contributed by atoms with Gasteiger partial charge in [0.15, 0.2) is 17.3 Å². The Morgan fingerprint density at radius 1 is 1.10 bits per heavy atom. The van der Waals surface area contributed by atoms with E-state index in [0.29, 0.717) is 5.57 Å². The number of carbonyl (C=O) groups is 4. The molecular formula is C22H20O7. The fraction of sp³-hybridized carbons (Fsp3) is 0.364. The molecule has 0 saturated carbocycles. The summed E-state index contributed by atoms with van der Waals surface area (Å²) in [5.41, 5.74) is -0.528. The summed E-state index contributed by atoms with van der Waals surface area (Å²) in [5, 5.41) is 21.1.